The molecule has 4 heteroatoms. The molecule has 0 aromatic rings. The minimum absolute atomic E-state index is 0.342. The Balaban J connectivity index is 1.17. The maximum absolute atomic E-state index is 12.7. The van der Waals surface area contributed by atoms with Crippen LogP contribution in [0.1, 0.15) is 70.6 Å². The minimum Gasteiger partial charge on any atom is -0.340 e. The van der Waals surface area contributed by atoms with Gasteiger partial charge in [-0.1, -0.05) is 19.3 Å². The molecule has 1 amide bonds. The first kappa shape index (κ1) is 19.7. The molecule has 2 heterocycles. The lowest BCUT2D eigenvalue weighted by Crippen LogP contribution is -2.51. The van der Waals surface area contributed by atoms with E-state index in [2.05, 4.69) is 21.7 Å². The quantitative estimate of drug-likeness (QED) is 0.754. The van der Waals surface area contributed by atoms with Crippen LogP contribution >= 0.6 is 0 Å². The molecule has 27 heavy (non-hydrogen) atoms. The fourth-order valence-corrected chi connectivity index (χ4v) is 6.19. The van der Waals surface area contributed by atoms with Crippen molar-refractivity contribution in [2.75, 3.05) is 52.9 Å². The van der Waals surface area contributed by atoms with Crippen molar-refractivity contribution in [1.82, 2.24) is 14.7 Å². The van der Waals surface area contributed by atoms with Gasteiger partial charge in [0.25, 0.3) is 0 Å². The van der Waals surface area contributed by atoms with Crippen molar-refractivity contribution < 1.29 is 4.79 Å². The average Bonchev–Trinajstić information content (AvgIpc) is 2.73. The van der Waals surface area contributed by atoms with Gasteiger partial charge in [0, 0.05) is 38.6 Å². The van der Waals surface area contributed by atoms with Crippen molar-refractivity contribution in [2.45, 2.75) is 70.6 Å². The van der Waals surface area contributed by atoms with Crippen LogP contribution in [0, 0.1) is 17.3 Å². The Labute approximate surface area is 166 Å². The molecule has 4 nitrogen and oxygen atoms in total. The second-order valence-electron chi connectivity index (χ2n) is 10.2. The zero-order chi connectivity index (χ0) is 18.7. The molecule has 154 valence electrons. The van der Waals surface area contributed by atoms with Gasteiger partial charge in [-0.3, -0.25) is 9.69 Å². The average molecular weight is 376 g/mol. The van der Waals surface area contributed by atoms with Crippen LogP contribution in [0.3, 0.4) is 0 Å². The van der Waals surface area contributed by atoms with Crippen LogP contribution in [0.15, 0.2) is 0 Å². The van der Waals surface area contributed by atoms with Crippen molar-refractivity contribution in [1.29, 1.82) is 0 Å². The van der Waals surface area contributed by atoms with Crippen molar-refractivity contribution in [2.24, 2.45) is 17.3 Å². The van der Waals surface area contributed by atoms with Gasteiger partial charge in [-0.05, 0) is 82.8 Å². The number of piperazine rings is 1. The van der Waals surface area contributed by atoms with E-state index in [-0.39, 0.29) is 0 Å². The lowest BCUT2D eigenvalue weighted by molar-refractivity contribution is -0.138. The summed E-state index contributed by atoms with van der Waals surface area (Å²) in [5.74, 6) is 1.71. The smallest absolute Gasteiger partial charge is 0.225 e. The van der Waals surface area contributed by atoms with Gasteiger partial charge >= 0.3 is 0 Å². The summed E-state index contributed by atoms with van der Waals surface area (Å²) in [6.45, 7) is 8.04. The summed E-state index contributed by atoms with van der Waals surface area (Å²) in [6.07, 6.45) is 14.8. The highest BCUT2D eigenvalue weighted by Crippen LogP contribution is 2.46. The zero-order valence-corrected chi connectivity index (χ0v) is 17.6. The topological polar surface area (TPSA) is 26.8 Å². The summed E-state index contributed by atoms with van der Waals surface area (Å²) in [5, 5.41) is 0. The third-order valence-electron chi connectivity index (χ3n) is 8.37. The third-order valence-corrected chi connectivity index (χ3v) is 8.37. The van der Waals surface area contributed by atoms with Crippen LogP contribution in [-0.2, 0) is 4.79 Å². The summed E-state index contributed by atoms with van der Waals surface area (Å²) in [6, 6.07) is 0. The largest absolute Gasteiger partial charge is 0.340 e. The lowest BCUT2D eigenvalue weighted by atomic mass is 9.65. The van der Waals surface area contributed by atoms with E-state index in [0.29, 0.717) is 17.2 Å². The maximum atomic E-state index is 12.7. The molecule has 0 N–H and O–H groups in total. The highest BCUT2D eigenvalue weighted by Gasteiger charge is 2.38. The molecule has 1 spiro atoms. The van der Waals surface area contributed by atoms with E-state index >= 15 is 0 Å². The number of rotatable bonds is 3. The van der Waals surface area contributed by atoms with Crippen LogP contribution < -0.4 is 0 Å². The molecule has 4 rings (SSSR count). The molecule has 2 saturated heterocycles. The SMILES string of the molecule is CN1CCC2(CCC(CN3CCN(C(=O)C4CCCCC4)CC3)CC2)CC1. The van der Waals surface area contributed by atoms with Gasteiger partial charge in [0.1, 0.15) is 0 Å². The molecule has 0 atom stereocenters. The third kappa shape index (κ3) is 4.87. The van der Waals surface area contributed by atoms with Gasteiger partial charge in [0.05, 0.1) is 0 Å². The number of piperidine rings is 1. The Kier molecular flexibility index (Phi) is 6.43. The predicted octanol–water partition coefficient (Wildman–Crippen LogP) is 3.61. The highest BCUT2D eigenvalue weighted by molar-refractivity contribution is 5.79. The second-order valence-corrected chi connectivity index (χ2v) is 10.2. The highest BCUT2D eigenvalue weighted by atomic mass is 16.2. The molecule has 2 saturated carbocycles. The van der Waals surface area contributed by atoms with E-state index in [0.717, 1.165) is 44.9 Å². The number of carbonyl (C=O) groups excluding carboxylic acids is 1. The van der Waals surface area contributed by atoms with E-state index in [1.807, 2.05) is 0 Å². The summed E-state index contributed by atoms with van der Waals surface area (Å²) in [4.78, 5) is 20.1. The number of likely N-dealkylation sites (tertiary alicyclic amines) is 1. The van der Waals surface area contributed by atoms with Crippen LogP contribution in [0.2, 0.25) is 0 Å². The molecular weight excluding hydrogens is 334 g/mol. The van der Waals surface area contributed by atoms with Gasteiger partial charge in [-0.25, -0.2) is 0 Å². The number of nitrogens with zero attached hydrogens (tertiary/aromatic N) is 3. The first-order valence-corrected chi connectivity index (χ1v) is 11.8. The van der Waals surface area contributed by atoms with Crippen molar-refractivity contribution >= 4 is 5.91 Å². The Morgan fingerprint density at radius 2 is 1.44 bits per heavy atom. The zero-order valence-electron chi connectivity index (χ0n) is 17.6. The summed E-state index contributed by atoms with van der Waals surface area (Å²) < 4.78 is 0. The molecule has 2 aliphatic carbocycles. The minimum atomic E-state index is 0.342. The van der Waals surface area contributed by atoms with Gasteiger partial charge in [-0.15, -0.1) is 0 Å². The molecule has 0 aromatic carbocycles. The Morgan fingerprint density at radius 1 is 0.815 bits per heavy atom. The van der Waals surface area contributed by atoms with E-state index in [1.54, 1.807) is 0 Å². The molecular formula is C23H41N3O. The van der Waals surface area contributed by atoms with Crippen LogP contribution in [0.4, 0.5) is 0 Å². The standard InChI is InChI=1S/C23H41N3O/c1-24-13-11-23(12-14-24)9-7-20(8-10-23)19-25-15-17-26(18-16-25)22(27)21-5-3-2-4-6-21/h20-21H,2-19H2,1H3. The van der Waals surface area contributed by atoms with E-state index in [1.165, 1.54) is 77.4 Å². The summed E-state index contributed by atoms with van der Waals surface area (Å²) in [5.41, 5.74) is 0.689. The fourth-order valence-electron chi connectivity index (χ4n) is 6.19. The van der Waals surface area contributed by atoms with Gasteiger partial charge < -0.3 is 9.80 Å². The molecule has 0 aromatic heterocycles. The Bertz CT molecular complexity index is 476. The van der Waals surface area contributed by atoms with E-state index in [9.17, 15) is 4.79 Å². The first-order valence-electron chi connectivity index (χ1n) is 11.8. The van der Waals surface area contributed by atoms with Crippen molar-refractivity contribution in [3.63, 3.8) is 0 Å². The van der Waals surface area contributed by atoms with Gasteiger partial charge in [0.15, 0.2) is 0 Å². The number of amides is 1. The van der Waals surface area contributed by atoms with Crippen LogP contribution in [0.25, 0.3) is 0 Å². The van der Waals surface area contributed by atoms with E-state index < -0.39 is 0 Å². The van der Waals surface area contributed by atoms with Gasteiger partial charge in [0.2, 0.25) is 5.91 Å². The number of carbonyl (C=O) groups is 1. The lowest BCUT2D eigenvalue weighted by Gasteiger charge is -2.46. The van der Waals surface area contributed by atoms with Gasteiger partial charge in [-0.2, -0.15) is 0 Å². The molecule has 0 unspecified atom stereocenters. The molecule has 4 fully saturated rings. The maximum Gasteiger partial charge on any atom is 0.225 e. The Hall–Kier alpha value is -0.610. The second kappa shape index (κ2) is 8.82. The van der Waals surface area contributed by atoms with Crippen molar-refractivity contribution in [3.8, 4) is 0 Å². The predicted molar refractivity (Wildman–Crippen MR) is 111 cm³/mol. The van der Waals surface area contributed by atoms with Crippen LogP contribution in [0.5, 0.6) is 0 Å². The first-order chi connectivity index (χ1) is 13.1. The van der Waals surface area contributed by atoms with E-state index in [4.69, 9.17) is 0 Å². The normalized spacial score (nSPS) is 29.3. The Morgan fingerprint density at radius 3 is 2.07 bits per heavy atom. The number of hydrogen-bond acceptors (Lipinski definition) is 3. The summed E-state index contributed by atoms with van der Waals surface area (Å²) >= 11 is 0. The fraction of sp³-hybridized carbons (Fsp3) is 0.957. The molecule has 2 aliphatic heterocycles. The van der Waals surface area contributed by atoms with Crippen molar-refractivity contribution in [3.05, 3.63) is 0 Å². The monoisotopic (exact) mass is 375 g/mol. The molecule has 0 bridgehead atoms. The summed E-state index contributed by atoms with van der Waals surface area (Å²) in [7, 11) is 2.27. The number of hydrogen-bond donors (Lipinski definition) is 0. The molecule has 4 aliphatic rings. The molecule has 0 radical (unpaired) electrons. The van der Waals surface area contributed by atoms with Crippen LogP contribution in [-0.4, -0.2) is 73.5 Å².